The largest absolute Gasteiger partial charge is 0.464 e. The van der Waals surface area contributed by atoms with Crippen molar-refractivity contribution in [3.63, 3.8) is 0 Å². The van der Waals surface area contributed by atoms with Crippen molar-refractivity contribution >= 4 is 47.4 Å². The lowest BCUT2D eigenvalue weighted by molar-refractivity contribution is -0.384. The van der Waals surface area contributed by atoms with Gasteiger partial charge in [-0.25, -0.2) is 4.79 Å². The van der Waals surface area contributed by atoms with Gasteiger partial charge in [-0.2, -0.15) is 0 Å². The predicted molar refractivity (Wildman–Crippen MR) is 150 cm³/mol. The van der Waals surface area contributed by atoms with E-state index in [2.05, 4.69) is 5.32 Å². The highest BCUT2D eigenvalue weighted by Crippen LogP contribution is 2.38. The van der Waals surface area contributed by atoms with Gasteiger partial charge < -0.3 is 43.2 Å². The van der Waals surface area contributed by atoms with Crippen LogP contribution in [0.2, 0.25) is 0 Å². The molecule has 1 heterocycles. The molecule has 1 saturated heterocycles. The summed E-state index contributed by atoms with van der Waals surface area (Å²) in [5.41, 5.74) is -0.329. The summed E-state index contributed by atoms with van der Waals surface area (Å²) in [5, 5.41) is 13.6. The second-order valence-electron chi connectivity index (χ2n) is 9.93. The van der Waals surface area contributed by atoms with Gasteiger partial charge in [0.2, 0.25) is 0 Å². The summed E-state index contributed by atoms with van der Waals surface area (Å²) >= 11 is 0. The Morgan fingerprint density at radius 2 is 1.51 bits per heavy atom. The minimum absolute atomic E-state index is 0.181. The number of hydrogen-bond donors (Lipinski definition) is 1. The number of carbonyl (C=O) groups is 7. The summed E-state index contributed by atoms with van der Waals surface area (Å²) in [4.78, 5) is 96.6. The predicted octanol–water partition coefficient (Wildman–Crippen LogP) is 0.0379. The summed E-state index contributed by atoms with van der Waals surface area (Å²) in [6.07, 6.45) is -7.63. The Hall–Kier alpha value is -5.33. The van der Waals surface area contributed by atoms with Crippen LogP contribution >= 0.6 is 0 Å². The minimum atomic E-state index is -2.59. The van der Waals surface area contributed by atoms with Gasteiger partial charge in [0.25, 0.3) is 11.6 Å². The van der Waals surface area contributed by atoms with Crippen LogP contribution in [-0.2, 0) is 66.7 Å². The summed E-state index contributed by atoms with van der Waals surface area (Å²) < 4.78 is 42.9. The third kappa shape index (κ3) is 11.2. The summed E-state index contributed by atoms with van der Waals surface area (Å²) in [6.45, 7) is 3.48. The fraction of sp³-hybridized carbons (Fsp3) is 0.536. The van der Waals surface area contributed by atoms with Crippen molar-refractivity contribution in [2.45, 2.75) is 77.3 Å². The van der Waals surface area contributed by atoms with Crippen LogP contribution in [0.3, 0.4) is 0 Å². The quantitative estimate of drug-likeness (QED) is 0.119. The van der Waals surface area contributed by atoms with Gasteiger partial charge in [-0.05, 0) is 12.1 Å². The maximum Gasteiger partial charge on any atom is 0.379 e. The SMILES string of the molecule is COC(=O)C1(Oc2ccc([N+](=O)[O-])cc2)CC(OC(C)=O)C(NC(=O)COC(C)=O)C([C@@H](OC(C)=O)[C@@H](COC(C)=O)OC(C)=O)O1. The second kappa shape index (κ2) is 16.8. The fourth-order valence-electron chi connectivity index (χ4n) is 4.49. The Balaban J connectivity index is 2.81. The number of rotatable bonds is 14. The zero-order chi connectivity index (χ0) is 35.5. The second-order valence-corrected chi connectivity index (χ2v) is 9.93. The molecule has 19 heteroatoms. The average molecular weight is 671 g/mol. The molecule has 0 radical (unpaired) electrons. The number of nitro benzene ring substituents is 1. The van der Waals surface area contributed by atoms with Crippen LogP contribution in [0, 0.1) is 10.1 Å². The number of nitrogens with zero attached hydrogens (tertiary/aromatic N) is 1. The van der Waals surface area contributed by atoms with Crippen LogP contribution in [0.1, 0.15) is 41.0 Å². The molecule has 1 amide bonds. The molecule has 258 valence electrons. The number of benzene rings is 1. The first-order chi connectivity index (χ1) is 22.0. The van der Waals surface area contributed by atoms with Gasteiger partial charge in [0.15, 0.2) is 18.8 Å². The molecule has 0 spiro atoms. The van der Waals surface area contributed by atoms with Crippen LogP contribution < -0.4 is 10.1 Å². The molecule has 6 atom stereocenters. The van der Waals surface area contributed by atoms with Crippen molar-refractivity contribution in [2.24, 2.45) is 0 Å². The van der Waals surface area contributed by atoms with Crippen LogP contribution in [0.4, 0.5) is 5.69 Å². The smallest absolute Gasteiger partial charge is 0.379 e. The number of nitro groups is 1. The van der Waals surface area contributed by atoms with E-state index >= 15 is 0 Å². The van der Waals surface area contributed by atoms with Crippen LogP contribution in [-0.4, -0.2) is 103 Å². The highest BCUT2D eigenvalue weighted by Gasteiger charge is 2.60. The lowest BCUT2D eigenvalue weighted by atomic mass is 9.88. The van der Waals surface area contributed by atoms with Gasteiger partial charge >= 0.3 is 41.6 Å². The van der Waals surface area contributed by atoms with E-state index in [1.54, 1.807) is 0 Å². The van der Waals surface area contributed by atoms with Gasteiger partial charge in [-0.3, -0.25) is 38.9 Å². The topological polar surface area (TPSA) is 248 Å². The van der Waals surface area contributed by atoms with Gasteiger partial charge in [-0.1, -0.05) is 0 Å². The molecule has 0 bridgehead atoms. The Labute approximate surface area is 267 Å². The minimum Gasteiger partial charge on any atom is -0.464 e. The molecule has 1 aromatic carbocycles. The number of carbonyl (C=O) groups excluding carboxylic acids is 7. The van der Waals surface area contributed by atoms with Gasteiger partial charge in [0, 0.05) is 46.8 Å². The molecule has 0 saturated carbocycles. The molecule has 2 rings (SSSR count). The number of nitrogens with one attached hydrogen (secondary N) is 1. The molecule has 1 aromatic rings. The molecule has 1 aliphatic rings. The molecule has 4 unspecified atom stereocenters. The summed E-state index contributed by atoms with van der Waals surface area (Å²) in [7, 11) is 0.960. The summed E-state index contributed by atoms with van der Waals surface area (Å²) in [6, 6.07) is 2.79. The van der Waals surface area contributed by atoms with Gasteiger partial charge in [-0.15, -0.1) is 0 Å². The van der Waals surface area contributed by atoms with E-state index in [0.29, 0.717) is 0 Å². The Morgan fingerprint density at radius 1 is 0.915 bits per heavy atom. The van der Waals surface area contributed by atoms with Crippen LogP contribution in [0.5, 0.6) is 5.75 Å². The number of amides is 1. The average Bonchev–Trinajstić information content (AvgIpc) is 2.97. The van der Waals surface area contributed by atoms with E-state index in [9.17, 15) is 43.7 Å². The molecule has 0 aliphatic carbocycles. The number of esters is 6. The standard InChI is InChI=1S/C28H34N2O17/c1-14(31)41-12-22(44-17(4)34)25(45-18(5)35)26-24(29-23(36)13-42-15(2)32)21(43-16(3)33)11-28(47-26,27(37)40-6)46-20-9-7-19(8-10-20)30(38)39/h7-10,21-22,24-26H,11-13H2,1-6H3,(H,29,36)/t21?,22-,24?,25+,26?,28?/m1/s1. The van der Waals surface area contributed by atoms with Crippen molar-refractivity contribution < 1.29 is 76.4 Å². The van der Waals surface area contributed by atoms with E-state index in [-0.39, 0.29) is 11.4 Å². The fourth-order valence-corrected chi connectivity index (χ4v) is 4.49. The van der Waals surface area contributed by atoms with E-state index < -0.39 is 103 Å². The number of non-ortho nitro benzene ring substituents is 1. The van der Waals surface area contributed by atoms with Crippen LogP contribution in [0.25, 0.3) is 0 Å². The molecule has 19 nitrogen and oxygen atoms in total. The normalized spacial score (nSPS) is 21.4. The molecule has 1 aliphatic heterocycles. The lowest BCUT2D eigenvalue weighted by Gasteiger charge is -2.48. The molecule has 0 aromatic heterocycles. The molecule has 1 fully saturated rings. The van der Waals surface area contributed by atoms with E-state index in [1.807, 2.05) is 0 Å². The molecule has 1 N–H and O–H groups in total. The molecule has 47 heavy (non-hydrogen) atoms. The first kappa shape index (κ1) is 37.9. The maximum atomic E-state index is 13.4. The monoisotopic (exact) mass is 670 g/mol. The van der Waals surface area contributed by atoms with Gasteiger partial charge in [0.05, 0.1) is 24.5 Å². The third-order valence-corrected chi connectivity index (χ3v) is 6.19. The van der Waals surface area contributed by atoms with Crippen molar-refractivity contribution in [2.75, 3.05) is 20.3 Å². The molecular formula is C28H34N2O17. The number of hydrogen-bond acceptors (Lipinski definition) is 17. The Morgan fingerprint density at radius 3 is 2.00 bits per heavy atom. The van der Waals surface area contributed by atoms with Crippen molar-refractivity contribution in [3.8, 4) is 5.75 Å². The highest BCUT2D eigenvalue weighted by molar-refractivity contribution is 5.81. The third-order valence-electron chi connectivity index (χ3n) is 6.19. The van der Waals surface area contributed by atoms with Crippen molar-refractivity contribution in [3.05, 3.63) is 34.4 Å². The zero-order valence-electron chi connectivity index (χ0n) is 26.2. The lowest BCUT2D eigenvalue weighted by Crippen LogP contribution is -2.70. The summed E-state index contributed by atoms with van der Waals surface area (Å²) in [5.74, 6) is -9.50. The van der Waals surface area contributed by atoms with Crippen molar-refractivity contribution in [1.82, 2.24) is 5.32 Å². The Kier molecular flexibility index (Phi) is 13.6. The number of ether oxygens (including phenoxy) is 8. The first-order valence-corrected chi connectivity index (χ1v) is 13.8. The number of methoxy groups -OCH3 is 1. The first-order valence-electron chi connectivity index (χ1n) is 13.8. The Bertz CT molecular complexity index is 1360. The maximum absolute atomic E-state index is 13.4. The highest BCUT2D eigenvalue weighted by atomic mass is 16.7. The zero-order valence-corrected chi connectivity index (χ0v) is 26.2. The van der Waals surface area contributed by atoms with E-state index in [0.717, 1.165) is 66.0 Å². The van der Waals surface area contributed by atoms with Crippen molar-refractivity contribution in [1.29, 1.82) is 0 Å². The van der Waals surface area contributed by atoms with Gasteiger partial charge in [0.1, 0.15) is 24.6 Å². The van der Waals surface area contributed by atoms with E-state index in [4.69, 9.17) is 37.9 Å². The van der Waals surface area contributed by atoms with Crippen LogP contribution in [0.15, 0.2) is 24.3 Å². The molecular weight excluding hydrogens is 636 g/mol. The van der Waals surface area contributed by atoms with E-state index in [1.165, 1.54) is 0 Å².